The summed E-state index contributed by atoms with van der Waals surface area (Å²) in [6.07, 6.45) is 1.87. The minimum Gasteiger partial charge on any atom is -0.396 e. The normalized spacial score (nSPS) is 11.0. The fourth-order valence-corrected chi connectivity index (χ4v) is 1.93. The second kappa shape index (κ2) is 7.75. The highest BCUT2D eigenvalue weighted by Gasteiger charge is 2.24. The number of benzene rings is 1. The van der Waals surface area contributed by atoms with Gasteiger partial charge in [-0.15, -0.1) is 0 Å². The zero-order chi connectivity index (χ0) is 15.0. The topological polar surface area (TPSA) is 73.4 Å². The summed E-state index contributed by atoms with van der Waals surface area (Å²) in [5.74, 6) is 0. The Morgan fingerprint density at radius 1 is 1.15 bits per heavy atom. The summed E-state index contributed by atoms with van der Waals surface area (Å²) in [7, 11) is 1.58. The first-order valence-corrected chi connectivity index (χ1v) is 7.02. The van der Waals surface area contributed by atoms with Gasteiger partial charge in [0.05, 0.1) is 6.61 Å². The zero-order valence-corrected chi connectivity index (χ0v) is 12.5. The van der Waals surface area contributed by atoms with Crippen LogP contribution in [0.25, 0.3) is 0 Å². The number of hydrogen-bond donors (Lipinski definition) is 4. The molecule has 0 aliphatic heterocycles. The third-order valence-electron chi connectivity index (χ3n) is 3.87. The number of aliphatic hydroxyl groups is 1. The molecule has 0 unspecified atom stereocenters. The first-order valence-electron chi connectivity index (χ1n) is 7.02. The molecule has 0 radical (unpaired) electrons. The molecule has 0 fully saturated rings. The number of urea groups is 1. The Morgan fingerprint density at radius 3 is 2.15 bits per heavy atom. The van der Waals surface area contributed by atoms with Gasteiger partial charge in [0.1, 0.15) is 0 Å². The highest BCUT2D eigenvalue weighted by molar-refractivity contribution is 5.89. The molecule has 4 N–H and O–H groups in total. The number of hydrogen-bond acceptors (Lipinski definition) is 3. The van der Waals surface area contributed by atoms with E-state index in [1.165, 1.54) is 0 Å². The highest BCUT2D eigenvalue weighted by Crippen LogP contribution is 2.26. The number of aliphatic hydroxyl groups excluding tert-OH is 1. The third kappa shape index (κ3) is 4.42. The molecule has 0 saturated heterocycles. The summed E-state index contributed by atoms with van der Waals surface area (Å²) in [5, 5.41) is 18.1. The van der Waals surface area contributed by atoms with Crippen LogP contribution in [0.1, 0.15) is 26.7 Å². The molecule has 0 bridgehead atoms. The molecule has 20 heavy (non-hydrogen) atoms. The van der Waals surface area contributed by atoms with Crippen LogP contribution in [0.3, 0.4) is 0 Å². The standard InChI is InChI=1S/C15H25N3O2/c1-4-15(5-2,11-19)10-17-12-6-8-13(9-7-12)18-14(20)16-3/h6-9,17,19H,4-5,10-11H2,1-3H3,(H2,16,18,20). The molecule has 0 aliphatic rings. The molecule has 112 valence electrons. The van der Waals surface area contributed by atoms with E-state index in [1.54, 1.807) is 7.05 Å². The molecule has 2 amide bonds. The van der Waals surface area contributed by atoms with Crippen LogP contribution in [0.15, 0.2) is 24.3 Å². The Balaban J connectivity index is 2.59. The Morgan fingerprint density at radius 2 is 1.70 bits per heavy atom. The van der Waals surface area contributed by atoms with E-state index in [1.807, 2.05) is 24.3 Å². The molecule has 1 aromatic rings. The SMILES string of the molecule is CCC(CC)(CO)CNc1ccc(NC(=O)NC)cc1. The van der Waals surface area contributed by atoms with Gasteiger partial charge in [-0.25, -0.2) is 4.79 Å². The fourth-order valence-electron chi connectivity index (χ4n) is 1.93. The van der Waals surface area contributed by atoms with Crippen LogP contribution in [-0.4, -0.2) is 31.3 Å². The van der Waals surface area contributed by atoms with Gasteiger partial charge in [-0.1, -0.05) is 13.8 Å². The molecule has 5 heteroatoms. The minimum atomic E-state index is -0.234. The summed E-state index contributed by atoms with van der Waals surface area (Å²) in [6.45, 7) is 5.11. The van der Waals surface area contributed by atoms with Crippen molar-refractivity contribution < 1.29 is 9.90 Å². The van der Waals surface area contributed by atoms with Crippen LogP contribution in [0.4, 0.5) is 16.2 Å². The lowest BCUT2D eigenvalue weighted by Crippen LogP contribution is -2.32. The van der Waals surface area contributed by atoms with Crippen molar-refractivity contribution in [3.8, 4) is 0 Å². The lowest BCUT2D eigenvalue weighted by Gasteiger charge is -2.30. The second-order valence-corrected chi connectivity index (χ2v) is 5.00. The van der Waals surface area contributed by atoms with E-state index in [-0.39, 0.29) is 18.1 Å². The van der Waals surface area contributed by atoms with E-state index in [0.29, 0.717) is 0 Å². The van der Waals surface area contributed by atoms with Gasteiger partial charge in [-0.05, 0) is 37.1 Å². The van der Waals surface area contributed by atoms with Crippen molar-refractivity contribution in [2.75, 3.05) is 30.8 Å². The largest absolute Gasteiger partial charge is 0.396 e. The maximum absolute atomic E-state index is 11.2. The summed E-state index contributed by atoms with van der Waals surface area (Å²) < 4.78 is 0. The lowest BCUT2D eigenvalue weighted by atomic mass is 9.83. The van der Waals surface area contributed by atoms with E-state index in [4.69, 9.17) is 0 Å². The van der Waals surface area contributed by atoms with Crippen molar-refractivity contribution in [3.05, 3.63) is 24.3 Å². The van der Waals surface area contributed by atoms with E-state index < -0.39 is 0 Å². The van der Waals surface area contributed by atoms with Crippen molar-refractivity contribution in [3.63, 3.8) is 0 Å². The van der Waals surface area contributed by atoms with E-state index in [9.17, 15) is 9.90 Å². The van der Waals surface area contributed by atoms with Crippen LogP contribution in [-0.2, 0) is 0 Å². The third-order valence-corrected chi connectivity index (χ3v) is 3.87. The highest BCUT2D eigenvalue weighted by atomic mass is 16.3. The number of nitrogens with one attached hydrogen (secondary N) is 3. The van der Waals surface area contributed by atoms with Gasteiger partial charge in [-0.2, -0.15) is 0 Å². The first kappa shape index (κ1) is 16.3. The predicted octanol–water partition coefficient (Wildman–Crippen LogP) is 2.65. The molecule has 0 heterocycles. The molecule has 0 saturated carbocycles. The average Bonchev–Trinajstić information content (AvgIpc) is 2.50. The van der Waals surface area contributed by atoms with E-state index in [0.717, 1.165) is 30.8 Å². The van der Waals surface area contributed by atoms with Crippen LogP contribution >= 0.6 is 0 Å². The molecule has 0 spiro atoms. The van der Waals surface area contributed by atoms with E-state index in [2.05, 4.69) is 29.8 Å². The zero-order valence-electron chi connectivity index (χ0n) is 12.5. The monoisotopic (exact) mass is 279 g/mol. The Bertz CT molecular complexity index is 405. The molecular formula is C15H25N3O2. The van der Waals surface area contributed by atoms with Crippen molar-refractivity contribution in [1.82, 2.24) is 5.32 Å². The van der Waals surface area contributed by atoms with Crippen molar-refractivity contribution in [1.29, 1.82) is 0 Å². The van der Waals surface area contributed by atoms with Crippen LogP contribution < -0.4 is 16.0 Å². The first-order chi connectivity index (χ1) is 9.59. The summed E-state index contributed by atoms with van der Waals surface area (Å²) in [5.41, 5.74) is 1.65. The Hall–Kier alpha value is -1.75. The minimum absolute atomic E-state index is 0.0704. The molecule has 0 aromatic heterocycles. The molecule has 5 nitrogen and oxygen atoms in total. The number of carbonyl (C=O) groups excluding carboxylic acids is 1. The maximum Gasteiger partial charge on any atom is 0.318 e. The Kier molecular flexibility index (Phi) is 6.31. The van der Waals surface area contributed by atoms with Gasteiger partial charge in [0.2, 0.25) is 0 Å². The predicted molar refractivity (Wildman–Crippen MR) is 83.1 cm³/mol. The molecule has 0 atom stereocenters. The van der Waals surface area contributed by atoms with Gasteiger partial charge in [0, 0.05) is 30.4 Å². The van der Waals surface area contributed by atoms with Gasteiger partial charge in [0.25, 0.3) is 0 Å². The number of amides is 2. The van der Waals surface area contributed by atoms with E-state index >= 15 is 0 Å². The quantitative estimate of drug-likeness (QED) is 0.620. The van der Waals surface area contributed by atoms with Crippen molar-refractivity contribution >= 4 is 17.4 Å². The van der Waals surface area contributed by atoms with Gasteiger partial charge < -0.3 is 21.1 Å². The van der Waals surface area contributed by atoms with Crippen LogP contribution in [0.5, 0.6) is 0 Å². The summed E-state index contributed by atoms with van der Waals surface area (Å²) >= 11 is 0. The second-order valence-electron chi connectivity index (χ2n) is 5.00. The molecular weight excluding hydrogens is 254 g/mol. The van der Waals surface area contributed by atoms with Crippen LogP contribution in [0.2, 0.25) is 0 Å². The van der Waals surface area contributed by atoms with Gasteiger partial charge in [-0.3, -0.25) is 0 Å². The summed E-state index contributed by atoms with van der Waals surface area (Å²) in [6, 6.07) is 7.28. The lowest BCUT2D eigenvalue weighted by molar-refractivity contribution is 0.127. The van der Waals surface area contributed by atoms with Gasteiger partial charge >= 0.3 is 6.03 Å². The fraction of sp³-hybridized carbons (Fsp3) is 0.533. The molecule has 1 rings (SSSR count). The molecule has 0 aliphatic carbocycles. The number of rotatable bonds is 7. The molecule has 1 aromatic carbocycles. The smallest absolute Gasteiger partial charge is 0.318 e. The Labute approximate surface area is 120 Å². The average molecular weight is 279 g/mol. The van der Waals surface area contributed by atoms with Crippen molar-refractivity contribution in [2.24, 2.45) is 5.41 Å². The van der Waals surface area contributed by atoms with Crippen molar-refractivity contribution in [2.45, 2.75) is 26.7 Å². The van der Waals surface area contributed by atoms with Crippen LogP contribution in [0, 0.1) is 5.41 Å². The van der Waals surface area contributed by atoms with Gasteiger partial charge in [0.15, 0.2) is 0 Å². The number of anilines is 2. The maximum atomic E-state index is 11.2. The summed E-state index contributed by atoms with van der Waals surface area (Å²) in [4.78, 5) is 11.2. The number of carbonyl (C=O) groups is 1.